The highest BCUT2D eigenvalue weighted by Gasteiger charge is 2.14. The first-order valence-electron chi connectivity index (χ1n) is 8.28. The Morgan fingerprint density at radius 2 is 1.77 bits per heavy atom. The maximum absolute atomic E-state index is 12.5. The van der Waals surface area contributed by atoms with Crippen LogP contribution in [0.1, 0.15) is 18.2 Å². The third kappa shape index (κ3) is 3.95. The van der Waals surface area contributed by atoms with Gasteiger partial charge in [-0.1, -0.05) is 17.7 Å². The van der Waals surface area contributed by atoms with Crippen molar-refractivity contribution in [2.45, 2.75) is 25.7 Å². The minimum Gasteiger partial charge on any atom is -0.494 e. The highest BCUT2D eigenvalue weighted by molar-refractivity contribution is 7.89. The average Bonchev–Trinajstić information content (AvgIpc) is 2.60. The summed E-state index contributed by atoms with van der Waals surface area (Å²) in [7, 11) is -3.68. The number of anilines is 1. The van der Waals surface area contributed by atoms with Crippen molar-refractivity contribution in [1.29, 1.82) is 0 Å². The van der Waals surface area contributed by atoms with Crippen LogP contribution in [-0.2, 0) is 10.0 Å². The van der Waals surface area contributed by atoms with Gasteiger partial charge in [-0.25, -0.2) is 8.42 Å². The van der Waals surface area contributed by atoms with Crippen LogP contribution < -0.4 is 15.0 Å². The molecule has 6 nitrogen and oxygen atoms in total. The van der Waals surface area contributed by atoms with E-state index in [1.165, 1.54) is 0 Å². The number of nitrogens with zero attached hydrogens (tertiary/aromatic N) is 1. The number of pyridine rings is 1. The molecule has 0 spiro atoms. The summed E-state index contributed by atoms with van der Waals surface area (Å²) in [5.74, 6) is 0.726. The van der Waals surface area contributed by atoms with Gasteiger partial charge in [0.05, 0.1) is 22.7 Å². The summed E-state index contributed by atoms with van der Waals surface area (Å²) in [6, 6.07) is 14.0. The number of benzene rings is 2. The van der Waals surface area contributed by atoms with E-state index in [-0.39, 0.29) is 4.90 Å². The van der Waals surface area contributed by atoms with Gasteiger partial charge in [0, 0.05) is 17.1 Å². The van der Waals surface area contributed by atoms with Crippen LogP contribution in [0.2, 0.25) is 0 Å². The van der Waals surface area contributed by atoms with E-state index in [0.717, 1.165) is 27.9 Å². The molecule has 7 heteroatoms. The molecule has 1 heterocycles. The van der Waals surface area contributed by atoms with E-state index in [4.69, 9.17) is 4.74 Å². The Balaban J connectivity index is 1.89. The van der Waals surface area contributed by atoms with Gasteiger partial charge in [0.2, 0.25) is 0 Å². The summed E-state index contributed by atoms with van der Waals surface area (Å²) in [4.78, 5) is 7.13. The zero-order valence-electron chi connectivity index (χ0n) is 14.9. The Morgan fingerprint density at radius 3 is 2.46 bits per heavy atom. The van der Waals surface area contributed by atoms with Crippen molar-refractivity contribution in [2.24, 2.45) is 0 Å². The predicted molar refractivity (Wildman–Crippen MR) is 103 cm³/mol. The molecule has 2 N–H and O–H groups in total. The third-order valence-electron chi connectivity index (χ3n) is 3.87. The molecule has 3 aromatic rings. The number of fused-ring (bicyclic) bond motifs is 1. The Bertz CT molecular complexity index is 1030. The number of hydrazine groups is 1. The van der Waals surface area contributed by atoms with Crippen molar-refractivity contribution in [3.05, 3.63) is 59.8 Å². The number of rotatable bonds is 6. The lowest BCUT2D eigenvalue weighted by Crippen LogP contribution is -2.29. The second kappa shape index (κ2) is 7.31. The molecular formula is C19H21N3O3S. The Labute approximate surface area is 153 Å². The summed E-state index contributed by atoms with van der Waals surface area (Å²) < 4.78 is 30.4. The van der Waals surface area contributed by atoms with Crippen LogP contribution in [0.25, 0.3) is 10.9 Å². The highest BCUT2D eigenvalue weighted by atomic mass is 32.2. The maximum Gasteiger partial charge on any atom is 0.257 e. The van der Waals surface area contributed by atoms with Crippen LogP contribution in [0.15, 0.2) is 53.4 Å². The van der Waals surface area contributed by atoms with Gasteiger partial charge in [0.15, 0.2) is 0 Å². The molecule has 0 fully saturated rings. The largest absolute Gasteiger partial charge is 0.494 e. The zero-order chi connectivity index (χ0) is 18.7. The molecule has 0 aliphatic carbocycles. The summed E-state index contributed by atoms with van der Waals surface area (Å²) in [5, 5.41) is 0.797. The second-order valence-corrected chi connectivity index (χ2v) is 7.65. The lowest BCUT2D eigenvalue weighted by molar-refractivity contribution is 0.340. The molecule has 0 aliphatic heterocycles. The standard InChI is InChI=1S/C19H21N3O3S/c1-4-25-15-7-10-17-18(12-15)20-14(3)11-19(17)21-22-26(23,24)16-8-5-13(2)6-9-16/h5-12,22H,4H2,1-3H3,(H,20,21). The first kappa shape index (κ1) is 18.2. The van der Waals surface area contributed by atoms with Crippen molar-refractivity contribution in [2.75, 3.05) is 12.0 Å². The number of aromatic nitrogens is 1. The Kier molecular flexibility index (Phi) is 5.11. The molecule has 0 amide bonds. The maximum atomic E-state index is 12.5. The van der Waals surface area contributed by atoms with Crippen molar-refractivity contribution < 1.29 is 13.2 Å². The minimum absolute atomic E-state index is 0.198. The molecule has 0 radical (unpaired) electrons. The lowest BCUT2D eigenvalue weighted by Gasteiger charge is -2.13. The van der Waals surface area contributed by atoms with Gasteiger partial charge in [-0.15, -0.1) is 4.83 Å². The zero-order valence-corrected chi connectivity index (χ0v) is 15.7. The average molecular weight is 371 g/mol. The van der Waals surface area contributed by atoms with Crippen molar-refractivity contribution in [1.82, 2.24) is 9.82 Å². The number of hydrogen-bond acceptors (Lipinski definition) is 5. The molecule has 3 rings (SSSR count). The topological polar surface area (TPSA) is 80.3 Å². The van der Waals surface area contributed by atoms with E-state index in [9.17, 15) is 8.42 Å². The quantitative estimate of drug-likeness (QED) is 0.648. The van der Waals surface area contributed by atoms with E-state index in [2.05, 4.69) is 15.2 Å². The van der Waals surface area contributed by atoms with Crippen molar-refractivity contribution in [3.8, 4) is 5.75 Å². The molecule has 136 valence electrons. The Hall–Kier alpha value is -2.64. The first-order chi connectivity index (χ1) is 12.4. The van der Waals surface area contributed by atoms with Crippen LogP contribution >= 0.6 is 0 Å². The normalized spacial score (nSPS) is 11.5. The van der Waals surface area contributed by atoms with Gasteiger partial charge in [-0.05, 0) is 51.1 Å². The summed E-state index contributed by atoms with van der Waals surface area (Å²) >= 11 is 0. The molecule has 0 saturated carbocycles. The smallest absolute Gasteiger partial charge is 0.257 e. The van der Waals surface area contributed by atoms with Gasteiger partial charge < -0.3 is 10.2 Å². The van der Waals surface area contributed by atoms with Gasteiger partial charge in [-0.2, -0.15) is 0 Å². The highest BCUT2D eigenvalue weighted by Crippen LogP contribution is 2.26. The van der Waals surface area contributed by atoms with Gasteiger partial charge in [-0.3, -0.25) is 4.98 Å². The summed E-state index contributed by atoms with van der Waals surface area (Å²) in [6.07, 6.45) is 0. The van der Waals surface area contributed by atoms with Crippen molar-refractivity contribution >= 4 is 26.6 Å². The van der Waals surface area contributed by atoms with Crippen LogP contribution in [0.5, 0.6) is 5.75 Å². The number of nitrogens with one attached hydrogen (secondary N) is 2. The second-order valence-electron chi connectivity index (χ2n) is 5.97. The third-order valence-corrected chi connectivity index (χ3v) is 5.14. The molecule has 26 heavy (non-hydrogen) atoms. The molecular weight excluding hydrogens is 350 g/mol. The van der Waals surface area contributed by atoms with Crippen LogP contribution in [0, 0.1) is 13.8 Å². The number of hydrogen-bond donors (Lipinski definition) is 2. The first-order valence-corrected chi connectivity index (χ1v) is 9.76. The fourth-order valence-electron chi connectivity index (χ4n) is 2.60. The van der Waals surface area contributed by atoms with E-state index >= 15 is 0 Å². The monoisotopic (exact) mass is 371 g/mol. The number of sulfonamides is 1. The van der Waals surface area contributed by atoms with Gasteiger partial charge in [0.25, 0.3) is 10.0 Å². The fourth-order valence-corrected chi connectivity index (χ4v) is 3.46. The molecule has 2 aromatic carbocycles. The van der Waals surface area contributed by atoms with Gasteiger partial charge >= 0.3 is 0 Å². The molecule has 0 unspecified atom stereocenters. The van der Waals surface area contributed by atoms with Crippen molar-refractivity contribution in [3.63, 3.8) is 0 Å². The molecule has 0 saturated heterocycles. The van der Waals surface area contributed by atoms with Crippen LogP contribution in [0.3, 0.4) is 0 Å². The van der Waals surface area contributed by atoms with E-state index in [1.54, 1.807) is 30.3 Å². The van der Waals surface area contributed by atoms with E-state index in [0.29, 0.717) is 12.3 Å². The summed E-state index contributed by atoms with van der Waals surface area (Å²) in [5.41, 5.74) is 5.94. The van der Waals surface area contributed by atoms with E-state index < -0.39 is 10.0 Å². The lowest BCUT2D eigenvalue weighted by atomic mass is 10.1. The fraction of sp³-hybridized carbons (Fsp3) is 0.211. The predicted octanol–water partition coefficient (Wildman–Crippen LogP) is 3.56. The minimum atomic E-state index is -3.68. The molecule has 0 aliphatic rings. The van der Waals surface area contributed by atoms with E-state index in [1.807, 2.05) is 39.0 Å². The van der Waals surface area contributed by atoms with Crippen LogP contribution in [-0.4, -0.2) is 20.0 Å². The van der Waals surface area contributed by atoms with Gasteiger partial charge in [0.1, 0.15) is 5.75 Å². The number of ether oxygens (including phenoxy) is 1. The molecule has 0 bridgehead atoms. The molecule has 1 aromatic heterocycles. The molecule has 0 atom stereocenters. The SMILES string of the molecule is CCOc1ccc2c(NNS(=O)(=O)c3ccc(C)cc3)cc(C)nc2c1. The number of aryl methyl sites for hydroxylation is 2. The summed E-state index contributed by atoms with van der Waals surface area (Å²) in [6.45, 7) is 6.25. The van der Waals surface area contributed by atoms with Crippen LogP contribution in [0.4, 0.5) is 5.69 Å². The Morgan fingerprint density at radius 1 is 1.04 bits per heavy atom.